The van der Waals surface area contributed by atoms with Crippen molar-refractivity contribution in [2.75, 3.05) is 51.4 Å². The zero-order valence-corrected chi connectivity index (χ0v) is 13.1. The van der Waals surface area contributed by atoms with Crippen molar-refractivity contribution in [3.63, 3.8) is 0 Å². The highest BCUT2D eigenvalue weighted by Gasteiger charge is 2.32. The van der Waals surface area contributed by atoms with Crippen molar-refractivity contribution in [2.45, 2.75) is 12.5 Å². The van der Waals surface area contributed by atoms with E-state index < -0.39 is 0 Å². The molecule has 0 saturated carbocycles. The summed E-state index contributed by atoms with van der Waals surface area (Å²) in [7, 11) is 2.08. The second-order valence-corrected chi connectivity index (χ2v) is 6.45. The Kier molecular flexibility index (Phi) is 4.84. The Bertz CT molecular complexity index is 462. The standard InChI is InChI=1S/C14H21N3O3S/c1-16-4-6-20-12(8-16)9-17(14-15-3-7-21-14)13(18)11-2-5-19-10-11/h3,7,11-12H,2,4-6,8-10H2,1H3/t11-,12-/m0/s1. The van der Waals surface area contributed by atoms with Gasteiger partial charge in [-0.2, -0.15) is 0 Å². The van der Waals surface area contributed by atoms with Gasteiger partial charge in [0.1, 0.15) is 0 Å². The second kappa shape index (κ2) is 6.83. The first-order valence-corrected chi connectivity index (χ1v) is 8.21. The third kappa shape index (κ3) is 3.60. The third-order valence-corrected chi connectivity index (χ3v) is 4.72. The molecule has 2 saturated heterocycles. The molecule has 2 aliphatic rings. The quantitative estimate of drug-likeness (QED) is 0.825. The van der Waals surface area contributed by atoms with Gasteiger partial charge in [-0.15, -0.1) is 11.3 Å². The number of anilines is 1. The van der Waals surface area contributed by atoms with E-state index in [0.29, 0.717) is 26.4 Å². The highest BCUT2D eigenvalue weighted by molar-refractivity contribution is 7.13. The Labute approximate surface area is 128 Å². The molecule has 0 aliphatic carbocycles. The van der Waals surface area contributed by atoms with Gasteiger partial charge in [-0.3, -0.25) is 9.69 Å². The number of thiazole rings is 1. The van der Waals surface area contributed by atoms with Crippen LogP contribution < -0.4 is 4.90 Å². The first-order chi connectivity index (χ1) is 10.2. The summed E-state index contributed by atoms with van der Waals surface area (Å²) in [5.41, 5.74) is 0. The molecule has 0 unspecified atom stereocenters. The van der Waals surface area contributed by atoms with Crippen molar-refractivity contribution in [1.29, 1.82) is 0 Å². The van der Waals surface area contributed by atoms with E-state index in [2.05, 4.69) is 16.9 Å². The first kappa shape index (κ1) is 14.9. The monoisotopic (exact) mass is 311 g/mol. The first-order valence-electron chi connectivity index (χ1n) is 7.33. The molecular formula is C14H21N3O3S. The predicted octanol–water partition coefficient (Wildman–Crippen LogP) is 0.843. The fourth-order valence-electron chi connectivity index (χ4n) is 2.74. The van der Waals surface area contributed by atoms with Crippen LogP contribution in [0, 0.1) is 5.92 Å². The average Bonchev–Trinajstić information content (AvgIpc) is 3.17. The lowest BCUT2D eigenvalue weighted by molar-refractivity contribution is -0.123. The predicted molar refractivity (Wildman–Crippen MR) is 80.6 cm³/mol. The van der Waals surface area contributed by atoms with Gasteiger partial charge in [-0.05, 0) is 13.5 Å². The van der Waals surface area contributed by atoms with E-state index in [9.17, 15) is 4.79 Å². The molecule has 1 amide bonds. The highest BCUT2D eigenvalue weighted by atomic mass is 32.1. The fraction of sp³-hybridized carbons (Fsp3) is 0.714. The van der Waals surface area contributed by atoms with Gasteiger partial charge in [0.15, 0.2) is 5.13 Å². The summed E-state index contributed by atoms with van der Waals surface area (Å²) in [6.07, 6.45) is 2.57. The van der Waals surface area contributed by atoms with E-state index in [1.807, 2.05) is 5.38 Å². The van der Waals surface area contributed by atoms with E-state index in [0.717, 1.165) is 24.6 Å². The lowest BCUT2D eigenvalue weighted by Gasteiger charge is -2.33. The average molecular weight is 311 g/mol. The van der Waals surface area contributed by atoms with Crippen LogP contribution in [0.2, 0.25) is 0 Å². The number of aromatic nitrogens is 1. The van der Waals surface area contributed by atoms with Crippen molar-refractivity contribution in [1.82, 2.24) is 9.88 Å². The van der Waals surface area contributed by atoms with Gasteiger partial charge >= 0.3 is 0 Å². The van der Waals surface area contributed by atoms with Crippen LogP contribution in [-0.4, -0.2) is 68.4 Å². The Hall–Kier alpha value is -1.02. The van der Waals surface area contributed by atoms with Crippen LogP contribution in [-0.2, 0) is 14.3 Å². The molecule has 0 spiro atoms. The molecular weight excluding hydrogens is 290 g/mol. The van der Waals surface area contributed by atoms with E-state index in [1.54, 1.807) is 11.1 Å². The van der Waals surface area contributed by atoms with Crippen LogP contribution in [0.3, 0.4) is 0 Å². The molecule has 7 heteroatoms. The lowest BCUT2D eigenvalue weighted by Crippen LogP contribution is -2.49. The molecule has 2 atom stereocenters. The number of amides is 1. The Morgan fingerprint density at radius 3 is 3.14 bits per heavy atom. The van der Waals surface area contributed by atoms with Gasteiger partial charge in [0.2, 0.25) is 5.91 Å². The van der Waals surface area contributed by atoms with Crippen LogP contribution in [0.15, 0.2) is 11.6 Å². The SMILES string of the molecule is CN1CCO[C@H](CN(C(=O)[C@H]2CCOC2)c2nccs2)C1. The van der Waals surface area contributed by atoms with Gasteiger partial charge in [0, 0.05) is 31.3 Å². The number of hydrogen-bond donors (Lipinski definition) is 0. The van der Waals surface area contributed by atoms with E-state index >= 15 is 0 Å². The number of morpholine rings is 1. The number of carbonyl (C=O) groups is 1. The smallest absolute Gasteiger partial charge is 0.234 e. The van der Waals surface area contributed by atoms with Crippen LogP contribution >= 0.6 is 11.3 Å². The summed E-state index contributed by atoms with van der Waals surface area (Å²) >= 11 is 1.49. The normalized spacial score (nSPS) is 26.9. The Morgan fingerprint density at radius 1 is 1.57 bits per heavy atom. The van der Waals surface area contributed by atoms with Crippen molar-refractivity contribution >= 4 is 22.4 Å². The van der Waals surface area contributed by atoms with Crippen LogP contribution in [0.4, 0.5) is 5.13 Å². The van der Waals surface area contributed by atoms with Gasteiger partial charge in [0.25, 0.3) is 0 Å². The molecule has 0 N–H and O–H groups in total. The molecule has 2 aliphatic heterocycles. The number of hydrogen-bond acceptors (Lipinski definition) is 6. The van der Waals surface area contributed by atoms with Crippen molar-refractivity contribution in [3.8, 4) is 0 Å². The number of ether oxygens (including phenoxy) is 2. The minimum absolute atomic E-state index is 0.0407. The van der Waals surface area contributed by atoms with Gasteiger partial charge < -0.3 is 14.4 Å². The molecule has 1 aromatic rings. The zero-order valence-electron chi connectivity index (χ0n) is 12.2. The van der Waals surface area contributed by atoms with Gasteiger partial charge in [-0.1, -0.05) is 0 Å². The largest absolute Gasteiger partial charge is 0.381 e. The van der Waals surface area contributed by atoms with Crippen molar-refractivity contribution in [3.05, 3.63) is 11.6 Å². The molecule has 0 radical (unpaired) electrons. The summed E-state index contributed by atoms with van der Waals surface area (Å²) in [4.78, 5) is 21.1. The molecule has 3 heterocycles. The third-order valence-electron chi connectivity index (χ3n) is 3.92. The molecule has 0 bridgehead atoms. The van der Waals surface area contributed by atoms with Crippen molar-refractivity contribution < 1.29 is 14.3 Å². The summed E-state index contributed by atoms with van der Waals surface area (Å²) in [5, 5.41) is 2.65. The Balaban J connectivity index is 1.71. The van der Waals surface area contributed by atoms with Crippen LogP contribution in [0.1, 0.15) is 6.42 Å². The fourth-order valence-corrected chi connectivity index (χ4v) is 3.40. The maximum absolute atomic E-state index is 12.7. The zero-order chi connectivity index (χ0) is 14.7. The number of likely N-dealkylation sites (N-methyl/N-ethyl adjacent to an activating group) is 1. The maximum atomic E-state index is 12.7. The lowest BCUT2D eigenvalue weighted by atomic mass is 10.1. The molecule has 2 fully saturated rings. The number of rotatable bonds is 4. The summed E-state index contributed by atoms with van der Waals surface area (Å²) in [5.74, 6) is 0.0643. The number of nitrogens with zero attached hydrogens (tertiary/aromatic N) is 3. The van der Waals surface area contributed by atoms with Crippen LogP contribution in [0.25, 0.3) is 0 Å². The summed E-state index contributed by atoms with van der Waals surface area (Å²) in [6.45, 7) is 4.26. The van der Waals surface area contributed by atoms with E-state index in [4.69, 9.17) is 9.47 Å². The molecule has 116 valence electrons. The van der Waals surface area contributed by atoms with E-state index in [1.165, 1.54) is 11.3 Å². The summed E-state index contributed by atoms with van der Waals surface area (Å²) in [6, 6.07) is 0. The van der Waals surface area contributed by atoms with Crippen molar-refractivity contribution in [2.24, 2.45) is 5.92 Å². The molecule has 3 rings (SSSR count). The van der Waals surface area contributed by atoms with Gasteiger partial charge in [-0.25, -0.2) is 4.98 Å². The highest BCUT2D eigenvalue weighted by Crippen LogP contribution is 2.24. The van der Waals surface area contributed by atoms with Gasteiger partial charge in [0.05, 0.1) is 31.8 Å². The molecule has 21 heavy (non-hydrogen) atoms. The second-order valence-electron chi connectivity index (χ2n) is 5.58. The topological polar surface area (TPSA) is 54.9 Å². The molecule has 6 nitrogen and oxygen atoms in total. The minimum atomic E-state index is -0.0461. The van der Waals surface area contributed by atoms with Crippen LogP contribution in [0.5, 0.6) is 0 Å². The summed E-state index contributed by atoms with van der Waals surface area (Å²) < 4.78 is 11.1. The number of carbonyl (C=O) groups excluding carboxylic acids is 1. The Morgan fingerprint density at radius 2 is 2.48 bits per heavy atom. The molecule has 0 aromatic carbocycles. The minimum Gasteiger partial charge on any atom is -0.381 e. The van der Waals surface area contributed by atoms with E-state index in [-0.39, 0.29) is 17.9 Å². The molecule has 1 aromatic heterocycles. The maximum Gasteiger partial charge on any atom is 0.234 e.